The number of esters is 1. The molecule has 5 heteroatoms. The topological polar surface area (TPSA) is 59.3 Å². The van der Waals surface area contributed by atoms with Crippen LogP contribution in [0.15, 0.2) is 46.4 Å². The maximum atomic E-state index is 12.1. The van der Waals surface area contributed by atoms with Gasteiger partial charge in [0.2, 0.25) is 0 Å². The molecule has 2 aromatic rings. The van der Waals surface area contributed by atoms with Crippen LogP contribution < -0.4 is 4.74 Å². The Morgan fingerprint density at radius 2 is 1.89 bits per heavy atom. The van der Waals surface area contributed by atoms with E-state index in [1.807, 2.05) is 56.3 Å². The molecule has 140 valence electrons. The summed E-state index contributed by atoms with van der Waals surface area (Å²) in [5.41, 5.74) is 3.77. The molecule has 0 atom stereocenters. The van der Waals surface area contributed by atoms with Gasteiger partial charge in [-0.25, -0.2) is 4.79 Å². The normalized spacial score (nSPS) is 11.2. The molecule has 0 aromatic heterocycles. The number of hydrogen-bond acceptors (Lipinski definition) is 4. The molecule has 0 bridgehead atoms. The first-order valence-corrected chi connectivity index (χ1v) is 9.40. The van der Waals surface area contributed by atoms with E-state index < -0.39 is 5.97 Å². The Bertz CT molecular complexity index is 893. The number of aryl methyl sites for hydroxylation is 1. The molecule has 0 amide bonds. The predicted octanol–water partition coefficient (Wildman–Crippen LogP) is 5.50. The van der Waals surface area contributed by atoms with E-state index in [1.165, 1.54) is 0 Å². The quantitative estimate of drug-likeness (QED) is 0.346. The van der Waals surface area contributed by atoms with Crippen LogP contribution in [0.1, 0.15) is 36.1 Å². The van der Waals surface area contributed by atoms with E-state index in [9.17, 15) is 10.1 Å². The highest BCUT2D eigenvalue weighted by Crippen LogP contribution is 2.23. The lowest BCUT2D eigenvalue weighted by molar-refractivity contribution is -0.142. The van der Waals surface area contributed by atoms with Crippen LogP contribution in [-0.2, 0) is 16.1 Å². The van der Waals surface area contributed by atoms with Crippen LogP contribution in [0.3, 0.4) is 0 Å². The molecular formula is C22H22BrNO3. The highest BCUT2D eigenvalue weighted by atomic mass is 79.9. The zero-order chi connectivity index (χ0) is 20.0. The van der Waals surface area contributed by atoms with Crippen LogP contribution in [-0.4, -0.2) is 12.1 Å². The number of halogens is 1. The van der Waals surface area contributed by atoms with Crippen molar-refractivity contribution < 1.29 is 14.3 Å². The summed E-state index contributed by atoms with van der Waals surface area (Å²) in [6.07, 6.45) is 1.30. The first-order valence-electron chi connectivity index (χ1n) is 8.61. The Morgan fingerprint density at radius 1 is 1.22 bits per heavy atom. The van der Waals surface area contributed by atoms with Crippen molar-refractivity contribution in [3.63, 3.8) is 0 Å². The summed E-state index contributed by atoms with van der Waals surface area (Å²) >= 11 is 3.40. The van der Waals surface area contributed by atoms with Crippen LogP contribution >= 0.6 is 15.9 Å². The van der Waals surface area contributed by atoms with E-state index in [0.29, 0.717) is 6.61 Å². The van der Waals surface area contributed by atoms with Gasteiger partial charge in [-0.15, -0.1) is 0 Å². The fourth-order valence-electron chi connectivity index (χ4n) is 2.53. The molecule has 27 heavy (non-hydrogen) atoms. The number of rotatable bonds is 6. The standard InChI is InChI=1S/C22H22BrNO3/c1-14(2)27-22(25)18(12-24)11-17-9-15(3)10-19(16(17)4)13-26-21-7-5-20(23)6-8-21/h5-11,14H,13H2,1-4H3. The van der Waals surface area contributed by atoms with Gasteiger partial charge < -0.3 is 9.47 Å². The summed E-state index contributed by atoms with van der Waals surface area (Å²) in [5, 5.41) is 9.33. The van der Waals surface area contributed by atoms with Gasteiger partial charge in [0.05, 0.1) is 6.10 Å². The van der Waals surface area contributed by atoms with Crippen LogP contribution in [0.2, 0.25) is 0 Å². The molecular weight excluding hydrogens is 406 g/mol. The smallest absolute Gasteiger partial charge is 0.349 e. The predicted molar refractivity (Wildman–Crippen MR) is 109 cm³/mol. The molecule has 0 aliphatic heterocycles. The zero-order valence-electron chi connectivity index (χ0n) is 15.9. The molecule has 0 N–H and O–H groups in total. The molecule has 0 saturated heterocycles. The maximum absolute atomic E-state index is 12.1. The summed E-state index contributed by atoms with van der Waals surface area (Å²) in [7, 11) is 0. The third-order valence-corrected chi connectivity index (χ3v) is 4.42. The minimum absolute atomic E-state index is 0.0165. The fourth-order valence-corrected chi connectivity index (χ4v) is 2.79. The SMILES string of the molecule is Cc1cc(C=C(C#N)C(=O)OC(C)C)c(C)c(COc2ccc(Br)cc2)c1. The van der Waals surface area contributed by atoms with Gasteiger partial charge >= 0.3 is 5.97 Å². The monoisotopic (exact) mass is 427 g/mol. The molecule has 0 unspecified atom stereocenters. The number of ether oxygens (including phenoxy) is 2. The van der Waals surface area contributed by atoms with E-state index in [4.69, 9.17) is 9.47 Å². The van der Waals surface area contributed by atoms with Gasteiger partial charge in [0.25, 0.3) is 0 Å². The average molecular weight is 428 g/mol. The van der Waals surface area contributed by atoms with Gasteiger partial charge in [0.15, 0.2) is 0 Å². The third kappa shape index (κ3) is 5.97. The van der Waals surface area contributed by atoms with Crippen molar-refractivity contribution >= 4 is 28.0 Å². The summed E-state index contributed by atoms with van der Waals surface area (Å²) in [6, 6.07) is 13.6. The second kappa shape index (κ2) is 9.38. The van der Waals surface area contributed by atoms with Crippen molar-refractivity contribution in [3.05, 3.63) is 68.7 Å². The first kappa shape index (κ1) is 20.7. The summed E-state index contributed by atoms with van der Waals surface area (Å²) in [6.45, 7) is 7.83. The number of nitriles is 1. The van der Waals surface area contributed by atoms with Crippen LogP contribution in [0.5, 0.6) is 5.75 Å². The molecule has 2 aromatic carbocycles. The summed E-state index contributed by atoms with van der Waals surface area (Å²) in [4.78, 5) is 12.1. The summed E-state index contributed by atoms with van der Waals surface area (Å²) < 4.78 is 12.0. The van der Waals surface area contributed by atoms with Gasteiger partial charge in [-0.3, -0.25) is 0 Å². The minimum Gasteiger partial charge on any atom is -0.489 e. The molecule has 2 rings (SSSR count). The number of hydrogen-bond donors (Lipinski definition) is 0. The van der Waals surface area contributed by atoms with Crippen LogP contribution in [0, 0.1) is 25.2 Å². The Morgan fingerprint density at radius 3 is 2.48 bits per heavy atom. The van der Waals surface area contributed by atoms with E-state index in [0.717, 1.165) is 32.5 Å². The van der Waals surface area contributed by atoms with E-state index in [1.54, 1.807) is 19.9 Å². The number of carbonyl (C=O) groups excluding carboxylic acids is 1. The van der Waals surface area contributed by atoms with Crippen molar-refractivity contribution in [1.29, 1.82) is 5.26 Å². The van der Waals surface area contributed by atoms with Crippen molar-refractivity contribution in [2.45, 2.75) is 40.4 Å². The molecule has 0 spiro atoms. The Balaban J connectivity index is 2.28. The van der Waals surface area contributed by atoms with Crippen LogP contribution in [0.4, 0.5) is 0 Å². The van der Waals surface area contributed by atoms with Crippen molar-refractivity contribution in [2.75, 3.05) is 0 Å². The van der Waals surface area contributed by atoms with Crippen molar-refractivity contribution in [2.24, 2.45) is 0 Å². The Hall–Kier alpha value is -2.58. The second-order valence-electron chi connectivity index (χ2n) is 6.50. The van der Waals surface area contributed by atoms with E-state index >= 15 is 0 Å². The first-order chi connectivity index (χ1) is 12.8. The van der Waals surface area contributed by atoms with Crippen LogP contribution in [0.25, 0.3) is 6.08 Å². The fraction of sp³-hybridized carbons (Fsp3) is 0.273. The Kier molecular flexibility index (Phi) is 7.20. The van der Waals surface area contributed by atoms with Gasteiger partial charge in [0, 0.05) is 4.47 Å². The lowest BCUT2D eigenvalue weighted by atomic mass is 9.98. The molecule has 0 saturated carbocycles. The van der Waals surface area contributed by atoms with E-state index in [-0.39, 0.29) is 11.7 Å². The minimum atomic E-state index is -0.610. The lowest BCUT2D eigenvalue weighted by Crippen LogP contribution is -2.13. The van der Waals surface area contributed by atoms with Crippen molar-refractivity contribution in [3.8, 4) is 11.8 Å². The molecule has 0 aliphatic carbocycles. The summed E-state index contributed by atoms with van der Waals surface area (Å²) in [5.74, 6) is 0.162. The molecule has 0 fully saturated rings. The highest BCUT2D eigenvalue weighted by molar-refractivity contribution is 9.10. The zero-order valence-corrected chi connectivity index (χ0v) is 17.5. The number of carbonyl (C=O) groups is 1. The maximum Gasteiger partial charge on any atom is 0.349 e. The second-order valence-corrected chi connectivity index (χ2v) is 7.42. The van der Waals surface area contributed by atoms with Gasteiger partial charge in [0.1, 0.15) is 24.0 Å². The van der Waals surface area contributed by atoms with Crippen molar-refractivity contribution in [1.82, 2.24) is 0 Å². The largest absolute Gasteiger partial charge is 0.489 e. The number of benzene rings is 2. The molecule has 4 nitrogen and oxygen atoms in total. The molecule has 0 heterocycles. The van der Waals surface area contributed by atoms with Gasteiger partial charge in [-0.2, -0.15) is 5.26 Å². The lowest BCUT2D eigenvalue weighted by Gasteiger charge is -2.13. The van der Waals surface area contributed by atoms with E-state index in [2.05, 4.69) is 15.9 Å². The molecule has 0 aliphatic rings. The van der Waals surface area contributed by atoms with Gasteiger partial charge in [-0.05, 0) is 74.7 Å². The Labute approximate surface area is 168 Å². The number of nitrogens with zero attached hydrogens (tertiary/aromatic N) is 1. The molecule has 0 radical (unpaired) electrons. The highest BCUT2D eigenvalue weighted by Gasteiger charge is 2.14. The van der Waals surface area contributed by atoms with Gasteiger partial charge in [-0.1, -0.05) is 33.6 Å². The average Bonchev–Trinajstić information content (AvgIpc) is 2.61. The third-order valence-electron chi connectivity index (χ3n) is 3.89.